The molecule has 3 nitrogen and oxygen atoms in total. The molecule has 0 amide bonds. The van der Waals surface area contributed by atoms with E-state index in [0.29, 0.717) is 5.75 Å². The number of phenols is 1. The Balaban J connectivity index is 0.000000213. The summed E-state index contributed by atoms with van der Waals surface area (Å²) in [5.74, 6) is 0.322. The zero-order valence-electron chi connectivity index (χ0n) is 8.61. The molecule has 0 radical (unpaired) electrons. The summed E-state index contributed by atoms with van der Waals surface area (Å²) >= 11 is 0. The van der Waals surface area contributed by atoms with E-state index in [-0.39, 0.29) is 0 Å². The van der Waals surface area contributed by atoms with Crippen LogP contribution >= 0.6 is 0 Å². The fourth-order valence-corrected chi connectivity index (χ4v) is 1.05. The van der Waals surface area contributed by atoms with E-state index in [1.807, 2.05) is 6.07 Å². The molecule has 1 fully saturated rings. The van der Waals surface area contributed by atoms with E-state index in [2.05, 4.69) is 5.32 Å². The van der Waals surface area contributed by atoms with Gasteiger partial charge in [0.15, 0.2) is 0 Å². The molecule has 1 aliphatic rings. The van der Waals surface area contributed by atoms with Crippen molar-refractivity contribution < 1.29 is 10.2 Å². The molecule has 0 saturated carbocycles. The van der Waals surface area contributed by atoms with Gasteiger partial charge in [0, 0.05) is 7.11 Å². The average molecular weight is 197 g/mol. The van der Waals surface area contributed by atoms with Gasteiger partial charge in [-0.25, -0.2) is 0 Å². The summed E-state index contributed by atoms with van der Waals surface area (Å²) in [5.41, 5.74) is 0. The second-order valence-corrected chi connectivity index (χ2v) is 2.79. The topological polar surface area (TPSA) is 52.5 Å². The van der Waals surface area contributed by atoms with Crippen molar-refractivity contribution in [1.82, 2.24) is 5.32 Å². The van der Waals surface area contributed by atoms with Gasteiger partial charge in [-0.2, -0.15) is 0 Å². The van der Waals surface area contributed by atoms with Gasteiger partial charge in [0.25, 0.3) is 0 Å². The van der Waals surface area contributed by atoms with Gasteiger partial charge in [0.05, 0.1) is 0 Å². The van der Waals surface area contributed by atoms with Gasteiger partial charge in [-0.1, -0.05) is 18.2 Å². The van der Waals surface area contributed by atoms with E-state index < -0.39 is 0 Å². The summed E-state index contributed by atoms with van der Waals surface area (Å²) in [7, 11) is 1.00. The van der Waals surface area contributed by atoms with Crippen LogP contribution < -0.4 is 5.32 Å². The molecule has 1 heterocycles. The van der Waals surface area contributed by atoms with Crippen molar-refractivity contribution >= 4 is 0 Å². The lowest BCUT2D eigenvalue weighted by atomic mass is 10.3. The first-order valence-corrected chi connectivity index (χ1v) is 4.79. The van der Waals surface area contributed by atoms with Crippen LogP contribution in [0.15, 0.2) is 30.3 Å². The average Bonchev–Trinajstić information content (AvgIpc) is 2.80. The quantitative estimate of drug-likeness (QED) is 0.589. The van der Waals surface area contributed by atoms with Crippen LogP contribution in [-0.4, -0.2) is 30.4 Å². The number of hydrogen-bond donors (Lipinski definition) is 3. The van der Waals surface area contributed by atoms with E-state index in [0.717, 1.165) is 7.11 Å². The van der Waals surface area contributed by atoms with Crippen LogP contribution in [0.2, 0.25) is 0 Å². The fourth-order valence-electron chi connectivity index (χ4n) is 1.05. The summed E-state index contributed by atoms with van der Waals surface area (Å²) in [6, 6.07) is 8.71. The van der Waals surface area contributed by atoms with Crippen LogP contribution in [0.5, 0.6) is 5.75 Å². The number of para-hydroxylation sites is 1. The predicted octanol–water partition coefficient (Wildman–Crippen LogP) is 1.37. The Hall–Kier alpha value is -1.06. The minimum atomic E-state index is 0.322. The molecule has 0 bridgehead atoms. The first kappa shape index (κ1) is 12.9. The van der Waals surface area contributed by atoms with Crippen molar-refractivity contribution in [2.75, 3.05) is 20.2 Å². The molecular weight excluding hydrogens is 178 g/mol. The molecular formula is C11H19NO2. The van der Waals surface area contributed by atoms with Crippen molar-refractivity contribution in [3.63, 3.8) is 0 Å². The minimum absolute atomic E-state index is 0.322. The summed E-state index contributed by atoms with van der Waals surface area (Å²) in [6.07, 6.45) is 2.78. The van der Waals surface area contributed by atoms with Crippen LogP contribution in [0, 0.1) is 0 Å². The maximum atomic E-state index is 8.63. The van der Waals surface area contributed by atoms with E-state index in [4.69, 9.17) is 10.2 Å². The molecule has 14 heavy (non-hydrogen) atoms. The summed E-state index contributed by atoms with van der Waals surface area (Å²) < 4.78 is 0. The van der Waals surface area contributed by atoms with Gasteiger partial charge < -0.3 is 15.5 Å². The smallest absolute Gasteiger partial charge is 0.115 e. The lowest BCUT2D eigenvalue weighted by Crippen LogP contribution is -2.03. The molecule has 80 valence electrons. The number of aliphatic hydroxyl groups is 1. The standard InChI is InChI=1S/C6H6O.C4H9N.CH4O/c7-6-4-2-1-3-5-6;1-2-4-5-3-1;1-2/h1-5,7H;5H,1-4H2;2H,1H3. The van der Waals surface area contributed by atoms with Crippen LogP contribution in [0.4, 0.5) is 0 Å². The molecule has 0 unspecified atom stereocenters. The molecule has 0 aliphatic carbocycles. The third-order valence-electron chi connectivity index (χ3n) is 1.71. The summed E-state index contributed by atoms with van der Waals surface area (Å²) in [5, 5.41) is 18.9. The molecule has 0 atom stereocenters. The third-order valence-corrected chi connectivity index (χ3v) is 1.71. The normalized spacial score (nSPS) is 13.3. The second-order valence-electron chi connectivity index (χ2n) is 2.79. The molecule has 0 spiro atoms. The van der Waals surface area contributed by atoms with Crippen molar-refractivity contribution in [3.8, 4) is 5.75 Å². The highest BCUT2D eigenvalue weighted by Gasteiger charge is 1.93. The fraction of sp³-hybridized carbons (Fsp3) is 0.455. The van der Waals surface area contributed by atoms with Gasteiger partial charge >= 0.3 is 0 Å². The molecule has 3 N–H and O–H groups in total. The van der Waals surface area contributed by atoms with Crippen molar-refractivity contribution in [2.24, 2.45) is 0 Å². The molecule has 1 aromatic carbocycles. The lowest BCUT2D eigenvalue weighted by Gasteiger charge is -1.82. The Kier molecular flexibility index (Phi) is 9.26. The summed E-state index contributed by atoms with van der Waals surface area (Å²) in [4.78, 5) is 0. The number of benzene rings is 1. The Morgan fingerprint density at radius 2 is 1.50 bits per heavy atom. The van der Waals surface area contributed by atoms with Crippen LogP contribution in [0.25, 0.3) is 0 Å². The SMILES string of the molecule is C1CCNC1.CO.Oc1ccccc1. The molecule has 2 rings (SSSR count). The zero-order valence-corrected chi connectivity index (χ0v) is 8.61. The number of rotatable bonds is 0. The number of nitrogens with one attached hydrogen (secondary N) is 1. The van der Waals surface area contributed by atoms with E-state index in [1.54, 1.807) is 24.3 Å². The largest absolute Gasteiger partial charge is 0.508 e. The minimum Gasteiger partial charge on any atom is -0.508 e. The second kappa shape index (κ2) is 10.0. The summed E-state index contributed by atoms with van der Waals surface area (Å²) in [6.45, 7) is 2.50. The van der Waals surface area contributed by atoms with E-state index >= 15 is 0 Å². The molecule has 1 aliphatic heterocycles. The Bertz CT molecular complexity index is 190. The van der Waals surface area contributed by atoms with Crippen LogP contribution in [0.3, 0.4) is 0 Å². The van der Waals surface area contributed by atoms with Gasteiger partial charge in [0.1, 0.15) is 5.75 Å². The lowest BCUT2D eigenvalue weighted by molar-refractivity contribution is 0.399. The number of aliphatic hydroxyl groups excluding tert-OH is 1. The monoisotopic (exact) mass is 197 g/mol. The van der Waals surface area contributed by atoms with E-state index in [1.165, 1.54) is 25.9 Å². The van der Waals surface area contributed by atoms with Crippen molar-refractivity contribution in [2.45, 2.75) is 12.8 Å². The van der Waals surface area contributed by atoms with Crippen molar-refractivity contribution in [3.05, 3.63) is 30.3 Å². The zero-order chi connectivity index (χ0) is 10.6. The number of aromatic hydroxyl groups is 1. The number of hydrogen-bond acceptors (Lipinski definition) is 3. The Morgan fingerprint density at radius 1 is 1.00 bits per heavy atom. The van der Waals surface area contributed by atoms with Gasteiger partial charge in [0.2, 0.25) is 0 Å². The number of phenolic OH excluding ortho intramolecular Hbond substituents is 1. The van der Waals surface area contributed by atoms with Crippen LogP contribution in [-0.2, 0) is 0 Å². The van der Waals surface area contributed by atoms with E-state index in [9.17, 15) is 0 Å². The highest BCUT2D eigenvalue weighted by Crippen LogP contribution is 2.02. The van der Waals surface area contributed by atoms with Gasteiger partial charge in [-0.05, 0) is 38.1 Å². The maximum Gasteiger partial charge on any atom is 0.115 e. The highest BCUT2D eigenvalue weighted by molar-refractivity contribution is 5.18. The Labute approximate surface area is 85.4 Å². The molecule has 1 aromatic rings. The van der Waals surface area contributed by atoms with Crippen molar-refractivity contribution in [1.29, 1.82) is 0 Å². The van der Waals surface area contributed by atoms with Gasteiger partial charge in [-0.3, -0.25) is 0 Å². The van der Waals surface area contributed by atoms with Crippen LogP contribution in [0.1, 0.15) is 12.8 Å². The Morgan fingerprint density at radius 3 is 1.71 bits per heavy atom. The highest BCUT2D eigenvalue weighted by atomic mass is 16.3. The molecule has 1 saturated heterocycles. The maximum absolute atomic E-state index is 8.63. The first-order valence-electron chi connectivity index (χ1n) is 4.79. The predicted molar refractivity (Wildman–Crippen MR) is 58.4 cm³/mol. The molecule has 0 aromatic heterocycles. The third kappa shape index (κ3) is 7.58. The first-order chi connectivity index (χ1) is 6.89. The van der Waals surface area contributed by atoms with Gasteiger partial charge in [-0.15, -0.1) is 0 Å². The molecule has 3 heteroatoms.